The van der Waals surface area contributed by atoms with Crippen LogP contribution in [0.3, 0.4) is 0 Å². The summed E-state index contributed by atoms with van der Waals surface area (Å²) in [6, 6.07) is 0. The van der Waals surface area contributed by atoms with Crippen molar-refractivity contribution in [2.24, 2.45) is 52.3 Å². The number of Topliss-reactive ketones (excluding diaryl/α,β-unsaturated/α-hetero) is 1. The van der Waals surface area contributed by atoms with Gasteiger partial charge in [-0.15, -0.1) is 0 Å². The van der Waals surface area contributed by atoms with Gasteiger partial charge in [-0.05, 0) is 85.4 Å². The summed E-state index contributed by atoms with van der Waals surface area (Å²) in [5.74, 6) is 4.34. The second-order valence-corrected chi connectivity index (χ2v) is 11.9. The molecule has 3 nitrogen and oxygen atoms in total. The van der Waals surface area contributed by atoms with Gasteiger partial charge in [0, 0.05) is 18.3 Å². The first-order chi connectivity index (χ1) is 12.7. The Hall–Kier alpha value is -0.410. The van der Waals surface area contributed by atoms with E-state index < -0.39 is 11.2 Å². The minimum absolute atomic E-state index is 0.0706. The topological polar surface area (TPSA) is 57.5 Å². The third-order valence-corrected chi connectivity index (χ3v) is 11.3. The number of fused-ring (bicyclic) bond motifs is 10. The third-order valence-electron chi connectivity index (χ3n) is 11.3. The molecule has 6 aliphatic carbocycles. The molecule has 6 unspecified atom stereocenters. The highest BCUT2D eigenvalue weighted by atomic mass is 16.3. The maximum atomic E-state index is 12.2. The summed E-state index contributed by atoms with van der Waals surface area (Å²) < 4.78 is 0. The summed E-state index contributed by atoms with van der Waals surface area (Å²) >= 11 is 0. The fourth-order valence-corrected chi connectivity index (χ4v) is 9.95. The molecule has 3 heteroatoms. The van der Waals surface area contributed by atoms with Gasteiger partial charge >= 0.3 is 0 Å². The number of carbonyl (C=O) groups is 1. The lowest BCUT2D eigenvalue weighted by Crippen LogP contribution is -2.65. The van der Waals surface area contributed by atoms with Gasteiger partial charge in [0.25, 0.3) is 0 Å². The SMILES string of the molecule is CCC[C@]1(O)C2CC2C2C3C4C[C@H]4[C@]4(O)CC(=O)CC[C@]4(C)C3CC[C@@]21C. The fourth-order valence-electron chi connectivity index (χ4n) is 9.95. The largest absolute Gasteiger partial charge is 0.389 e. The molecule has 150 valence electrons. The first-order valence-electron chi connectivity index (χ1n) is 11.7. The Kier molecular flexibility index (Phi) is 3.12. The molecule has 0 heterocycles. The van der Waals surface area contributed by atoms with Crippen molar-refractivity contribution < 1.29 is 15.0 Å². The highest BCUT2D eigenvalue weighted by molar-refractivity contribution is 5.81. The smallest absolute Gasteiger partial charge is 0.135 e. The van der Waals surface area contributed by atoms with Crippen molar-refractivity contribution in [2.45, 2.75) is 89.8 Å². The summed E-state index contributed by atoms with van der Waals surface area (Å²) in [6.45, 7) is 6.96. The molecule has 6 aliphatic rings. The number of rotatable bonds is 2. The van der Waals surface area contributed by atoms with E-state index in [9.17, 15) is 15.0 Å². The van der Waals surface area contributed by atoms with Gasteiger partial charge in [0.1, 0.15) is 5.78 Å². The van der Waals surface area contributed by atoms with Crippen molar-refractivity contribution in [3.8, 4) is 0 Å². The molecule has 2 N–H and O–H groups in total. The van der Waals surface area contributed by atoms with Crippen LogP contribution in [0.1, 0.15) is 78.6 Å². The number of carbonyl (C=O) groups excluding carboxylic acids is 1. The van der Waals surface area contributed by atoms with Crippen molar-refractivity contribution >= 4 is 5.78 Å². The first-order valence-corrected chi connectivity index (χ1v) is 11.7. The fraction of sp³-hybridized carbons (Fsp3) is 0.958. The average Bonchev–Trinajstić information content (AvgIpc) is 3.49. The van der Waals surface area contributed by atoms with Gasteiger partial charge in [0.15, 0.2) is 0 Å². The maximum Gasteiger partial charge on any atom is 0.135 e. The molecule has 0 aliphatic heterocycles. The second kappa shape index (κ2) is 4.83. The van der Waals surface area contributed by atoms with E-state index in [1.165, 1.54) is 6.42 Å². The lowest BCUT2D eigenvalue weighted by atomic mass is 9.42. The minimum Gasteiger partial charge on any atom is -0.389 e. The van der Waals surface area contributed by atoms with E-state index in [1.54, 1.807) is 0 Å². The Bertz CT molecular complexity index is 718. The molecule has 0 amide bonds. The molecule has 27 heavy (non-hydrogen) atoms. The summed E-state index contributed by atoms with van der Waals surface area (Å²) in [7, 11) is 0. The van der Waals surface area contributed by atoms with Crippen LogP contribution in [-0.4, -0.2) is 27.2 Å². The van der Waals surface area contributed by atoms with Crippen LogP contribution < -0.4 is 0 Å². The predicted molar refractivity (Wildman–Crippen MR) is 103 cm³/mol. The van der Waals surface area contributed by atoms with Gasteiger partial charge < -0.3 is 10.2 Å². The lowest BCUT2D eigenvalue weighted by Gasteiger charge is -2.64. The second-order valence-electron chi connectivity index (χ2n) is 11.9. The molecule has 0 aromatic heterocycles. The van der Waals surface area contributed by atoms with Crippen LogP contribution >= 0.6 is 0 Å². The Morgan fingerprint density at radius 2 is 1.74 bits per heavy atom. The Balaban J connectivity index is 1.42. The number of hydrogen-bond acceptors (Lipinski definition) is 3. The van der Waals surface area contributed by atoms with Gasteiger partial charge in [-0.1, -0.05) is 27.2 Å². The van der Waals surface area contributed by atoms with E-state index in [2.05, 4.69) is 20.8 Å². The van der Waals surface area contributed by atoms with E-state index in [0.29, 0.717) is 48.3 Å². The Morgan fingerprint density at radius 3 is 2.48 bits per heavy atom. The normalized spacial score (nSPS) is 65.5. The molecule has 6 rings (SSSR count). The van der Waals surface area contributed by atoms with Crippen LogP contribution in [0.15, 0.2) is 0 Å². The molecular formula is C24H36O3. The summed E-state index contributed by atoms with van der Waals surface area (Å²) in [6.07, 6.45) is 8.58. The van der Waals surface area contributed by atoms with Gasteiger partial charge in [-0.3, -0.25) is 4.79 Å². The summed E-state index contributed by atoms with van der Waals surface area (Å²) in [4.78, 5) is 12.2. The molecule has 0 aromatic rings. The maximum absolute atomic E-state index is 12.2. The number of hydrogen-bond donors (Lipinski definition) is 2. The monoisotopic (exact) mass is 372 g/mol. The molecule has 0 bridgehead atoms. The van der Waals surface area contributed by atoms with Crippen molar-refractivity contribution in [3.63, 3.8) is 0 Å². The molecule has 0 saturated heterocycles. The molecular weight excluding hydrogens is 336 g/mol. The molecule has 6 fully saturated rings. The molecule has 6 saturated carbocycles. The van der Waals surface area contributed by atoms with Crippen LogP contribution in [0, 0.1) is 52.3 Å². The highest BCUT2D eigenvalue weighted by Crippen LogP contribution is 2.81. The van der Waals surface area contributed by atoms with Crippen LogP contribution in [0.5, 0.6) is 0 Å². The number of ketones is 1. The molecule has 0 spiro atoms. The van der Waals surface area contributed by atoms with Crippen LogP contribution in [0.2, 0.25) is 0 Å². The molecule has 11 atom stereocenters. The average molecular weight is 373 g/mol. The minimum atomic E-state index is -0.747. The van der Waals surface area contributed by atoms with E-state index in [0.717, 1.165) is 44.4 Å². The quantitative estimate of drug-likeness (QED) is 0.771. The van der Waals surface area contributed by atoms with E-state index in [-0.39, 0.29) is 16.6 Å². The summed E-state index contributed by atoms with van der Waals surface area (Å²) in [5.41, 5.74) is -1.23. The zero-order chi connectivity index (χ0) is 19.0. The van der Waals surface area contributed by atoms with Gasteiger partial charge in [0.05, 0.1) is 11.2 Å². The van der Waals surface area contributed by atoms with Crippen molar-refractivity contribution in [1.29, 1.82) is 0 Å². The standard InChI is InChI=1S/C24H36O3/c1-4-7-23(26)18-11-15(18)20-19-14-10-17(14)24(27)12-13(25)5-8-21(24,2)16(19)6-9-22(20,23)3/h14-20,26-27H,4-12H2,1-3H3/t14?,15?,16?,17-,18?,19?,20?,21-,22+,23+,24-/m1/s1. The molecule has 0 radical (unpaired) electrons. The lowest BCUT2D eigenvalue weighted by molar-refractivity contribution is -0.223. The van der Waals surface area contributed by atoms with Crippen molar-refractivity contribution in [1.82, 2.24) is 0 Å². The van der Waals surface area contributed by atoms with Crippen molar-refractivity contribution in [2.75, 3.05) is 0 Å². The Morgan fingerprint density at radius 1 is 1.00 bits per heavy atom. The predicted octanol–water partition coefficient (Wildman–Crippen LogP) is 3.96. The molecule has 0 aromatic carbocycles. The van der Waals surface area contributed by atoms with E-state index in [4.69, 9.17) is 0 Å². The van der Waals surface area contributed by atoms with E-state index in [1.807, 2.05) is 0 Å². The van der Waals surface area contributed by atoms with Crippen molar-refractivity contribution in [3.05, 3.63) is 0 Å². The third kappa shape index (κ3) is 1.74. The first kappa shape index (κ1) is 17.4. The Labute approximate surface area is 163 Å². The zero-order valence-electron chi connectivity index (χ0n) is 17.2. The van der Waals surface area contributed by atoms with Crippen LogP contribution in [0.25, 0.3) is 0 Å². The van der Waals surface area contributed by atoms with Gasteiger partial charge in [-0.2, -0.15) is 0 Å². The van der Waals surface area contributed by atoms with Gasteiger partial charge in [0.2, 0.25) is 0 Å². The van der Waals surface area contributed by atoms with E-state index >= 15 is 0 Å². The zero-order valence-corrected chi connectivity index (χ0v) is 17.2. The summed E-state index contributed by atoms with van der Waals surface area (Å²) in [5, 5.41) is 23.6. The van der Waals surface area contributed by atoms with Crippen LogP contribution in [-0.2, 0) is 4.79 Å². The number of aliphatic hydroxyl groups is 2. The van der Waals surface area contributed by atoms with Gasteiger partial charge in [-0.25, -0.2) is 0 Å². The van der Waals surface area contributed by atoms with Crippen LogP contribution in [0.4, 0.5) is 0 Å². The highest BCUT2D eigenvalue weighted by Gasteiger charge is 2.81.